The van der Waals surface area contributed by atoms with E-state index in [4.69, 9.17) is 9.15 Å². The number of para-hydroxylation sites is 1. The Labute approximate surface area is 171 Å². The first kappa shape index (κ1) is 17.9. The van der Waals surface area contributed by atoms with Gasteiger partial charge in [-0.25, -0.2) is 9.67 Å². The second-order valence-electron chi connectivity index (χ2n) is 6.89. The molecule has 0 saturated heterocycles. The van der Waals surface area contributed by atoms with Crippen molar-refractivity contribution in [1.82, 2.24) is 14.8 Å². The lowest BCUT2D eigenvalue weighted by molar-refractivity contribution is 0.102. The van der Waals surface area contributed by atoms with E-state index >= 15 is 0 Å². The van der Waals surface area contributed by atoms with Crippen molar-refractivity contribution in [2.24, 2.45) is 0 Å². The van der Waals surface area contributed by atoms with Crippen LogP contribution in [0, 0.1) is 0 Å². The van der Waals surface area contributed by atoms with Gasteiger partial charge in [0.25, 0.3) is 5.91 Å². The molecule has 7 nitrogen and oxygen atoms in total. The van der Waals surface area contributed by atoms with Gasteiger partial charge in [0, 0.05) is 22.4 Å². The van der Waals surface area contributed by atoms with E-state index in [9.17, 15) is 4.79 Å². The van der Waals surface area contributed by atoms with Crippen molar-refractivity contribution in [3.8, 4) is 5.75 Å². The fraction of sp³-hybridized carbons (Fsp3) is 0.0870. The summed E-state index contributed by atoms with van der Waals surface area (Å²) in [5.74, 6) is 0.348. The number of methoxy groups -OCH3 is 1. The molecule has 2 aromatic heterocycles. The molecular formula is C23H18N4O3. The maximum absolute atomic E-state index is 12.8. The van der Waals surface area contributed by atoms with Crippen LogP contribution < -0.4 is 10.1 Å². The van der Waals surface area contributed by atoms with Crippen molar-refractivity contribution in [2.75, 3.05) is 12.4 Å². The van der Waals surface area contributed by atoms with Crippen LogP contribution in [0.4, 0.5) is 5.69 Å². The number of benzene rings is 3. The molecule has 0 aliphatic heterocycles. The van der Waals surface area contributed by atoms with E-state index in [0.717, 1.165) is 21.9 Å². The SMILES string of the molecule is COc1cc2c(cc1NC(=O)c1ccc(Cn3cncn3)cc1)oc1ccccc12. The number of ether oxygens (including phenoxy) is 1. The van der Waals surface area contributed by atoms with E-state index in [2.05, 4.69) is 15.4 Å². The smallest absolute Gasteiger partial charge is 0.255 e. The van der Waals surface area contributed by atoms with Gasteiger partial charge >= 0.3 is 0 Å². The summed E-state index contributed by atoms with van der Waals surface area (Å²) >= 11 is 0. The molecule has 1 amide bonds. The van der Waals surface area contributed by atoms with Gasteiger partial charge < -0.3 is 14.5 Å². The molecule has 0 fully saturated rings. The largest absolute Gasteiger partial charge is 0.495 e. The Balaban J connectivity index is 1.41. The first-order chi connectivity index (χ1) is 14.7. The number of carbonyl (C=O) groups excluding carboxylic acids is 1. The Morgan fingerprint density at radius 1 is 1.07 bits per heavy atom. The highest BCUT2D eigenvalue weighted by molar-refractivity contribution is 6.10. The Morgan fingerprint density at radius 3 is 2.67 bits per heavy atom. The third kappa shape index (κ3) is 3.26. The first-order valence-corrected chi connectivity index (χ1v) is 9.43. The highest BCUT2D eigenvalue weighted by Crippen LogP contribution is 2.36. The molecular weight excluding hydrogens is 380 g/mol. The summed E-state index contributed by atoms with van der Waals surface area (Å²) in [4.78, 5) is 16.7. The molecule has 0 aliphatic carbocycles. The van der Waals surface area contributed by atoms with Crippen LogP contribution in [0.3, 0.4) is 0 Å². The zero-order chi connectivity index (χ0) is 20.5. The van der Waals surface area contributed by atoms with Crippen molar-refractivity contribution < 1.29 is 13.9 Å². The maximum Gasteiger partial charge on any atom is 0.255 e. The number of nitrogens with one attached hydrogen (secondary N) is 1. The number of carbonyl (C=O) groups is 1. The van der Waals surface area contributed by atoms with Crippen LogP contribution in [0.1, 0.15) is 15.9 Å². The quantitative estimate of drug-likeness (QED) is 0.472. The number of anilines is 1. The fourth-order valence-corrected chi connectivity index (χ4v) is 3.48. The molecule has 0 atom stereocenters. The standard InChI is InChI=1S/C23H18N4O3/c1-29-22-10-18-17-4-2-3-5-20(17)30-21(18)11-19(22)26-23(28)16-8-6-15(7-9-16)12-27-14-24-13-25-27/h2-11,13-14H,12H2,1H3,(H,26,28). The van der Waals surface area contributed by atoms with E-state index in [1.54, 1.807) is 36.3 Å². The molecule has 0 bridgehead atoms. The van der Waals surface area contributed by atoms with E-state index < -0.39 is 0 Å². The number of hydrogen-bond acceptors (Lipinski definition) is 5. The molecule has 3 aromatic carbocycles. The van der Waals surface area contributed by atoms with Crippen molar-refractivity contribution in [3.63, 3.8) is 0 Å². The molecule has 0 spiro atoms. The molecule has 7 heteroatoms. The maximum atomic E-state index is 12.8. The molecule has 5 rings (SSSR count). The average molecular weight is 398 g/mol. The van der Waals surface area contributed by atoms with Gasteiger partial charge in [0.15, 0.2) is 0 Å². The fourth-order valence-electron chi connectivity index (χ4n) is 3.48. The zero-order valence-electron chi connectivity index (χ0n) is 16.2. The predicted molar refractivity (Wildman–Crippen MR) is 114 cm³/mol. The minimum Gasteiger partial charge on any atom is -0.495 e. The highest BCUT2D eigenvalue weighted by atomic mass is 16.5. The van der Waals surface area contributed by atoms with Crippen LogP contribution >= 0.6 is 0 Å². The van der Waals surface area contributed by atoms with Crippen LogP contribution in [0.15, 0.2) is 77.7 Å². The summed E-state index contributed by atoms with van der Waals surface area (Å²) in [6.45, 7) is 0.596. The van der Waals surface area contributed by atoms with Gasteiger partial charge in [-0.05, 0) is 29.8 Å². The lowest BCUT2D eigenvalue weighted by Crippen LogP contribution is -2.12. The summed E-state index contributed by atoms with van der Waals surface area (Å²) in [6.07, 6.45) is 3.15. The van der Waals surface area contributed by atoms with Crippen molar-refractivity contribution >= 4 is 33.5 Å². The minimum atomic E-state index is -0.226. The topological polar surface area (TPSA) is 82.2 Å². The van der Waals surface area contributed by atoms with E-state index in [1.165, 1.54) is 6.33 Å². The van der Waals surface area contributed by atoms with Gasteiger partial charge in [0.2, 0.25) is 0 Å². The van der Waals surface area contributed by atoms with Gasteiger partial charge in [-0.15, -0.1) is 0 Å². The zero-order valence-corrected chi connectivity index (χ0v) is 16.2. The molecule has 1 N–H and O–H groups in total. The number of fused-ring (bicyclic) bond motifs is 3. The predicted octanol–water partition coefficient (Wildman–Crippen LogP) is 4.49. The molecule has 5 aromatic rings. The van der Waals surface area contributed by atoms with Gasteiger partial charge in [0.1, 0.15) is 29.6 Å². The van der Waals surface area contributed by atoms with Gasteiger partial charge in [0.05, 0.1) is 19.3 Å². The Bertz CT molecular complexity index is 1340. The van der Waals surface area contributed by atoms with Crippen LogP contribution in [0.5, 0.6) is 5.75 Å². The Morgan fingerprint density at radius 2 is 1.90 bits per heavy atom. The molecule has 30 heavy (non-hydrogen) atoms. The molecule has 2 heterocycles. The molecule has 0 aliphatic rings. The van der Waals surface area contributed by atoms with Crippen LogP contribution in [-0.4, -0.2) is 27.8 Å². The van der Waals surface area contributed by atoms with Crippen LogP contribution in [0.25, 0.3) is 21.9 Å². The number of furan rings is 1. The average Bonchev–Trinajstić information content (AvgIpc) is 3.40. The summed E-state index contributed by atoms with van der Waals surface area (Å²) in [6, 6.07) is 18.9. The Kier molecular flexibility index (Phi) is 4.40. The summed E-state index contributed by atoms with van der Waals surface area (Å²) in [5.41, 5.74) is 3.61. The monoisotopic (exact) mass is 398 g/mol. The molecule has 148 valence electrons. The molecule has 0 unspecified atom stereocenters. The van der Waals surface area contributed by atoms with E-state index in [0.29, 0.717) is 29.1 Å². The first-order valence-electron chi connectivity index (χ1n) is 9.43. The number of hydrogen-bond donors (Lipinski definition) is 1. The van der Waals surface area contributed by atoms with Crippen LogP contribution in [0.2, 0.25) is 0 Å². The van der Waals surface area contributed by atoms with Crippen molar-refractivity contribution in [2.45, 2.75) is 6.54 Å². The highest BCUT2D eigenvalue weighted by Gasteiger charge is 2.15. The minimum absolute atomic E-state index is 0.226. The Hall–Kier alpha value is -4.13. The molecule has 0 radical (unpaired) electrons. The lowest BCUT2D eigenvalue weighted by Gasteiger charge is -2.11. The van der Waals surface area contributed by atoms with E-state index in [1.807, 2.05) is 42.5 Å². The van der Waals surface area contributed by atoms with Crippen molar-refractivity contribution in [3.05, 3.63) is 84.4 Å². The van der Waals surface area contributed by atoms with Gasteiger partial charge in [-0.2, -0.15) is 5.10 Å². The summed E-state index contributed by atoms with van der Waals surface area (Å²) in [5, 5.41) is 8.96. The second-order valence-corrected chi connectivity index (χ2v) is 6.89. The van der Waals surface area contributed by atoms with E-state index in [-0.39, 0.29) is 5.91 Å². The summed E-state index contributed by atoms with van der Waals surface area (Å²) in [7, 11) is 1.58. The van der Waals surface area contributed by atoms with Crippen LogP contribution in [-0.2, 0) is 6.54 Å². The normalized spacial score (nSPS) is 11.1. The number of amides is 1. The third-order valence-electron chi connectivity index (χ3n) is 4.97. The number of rotatable bonds is 5. The van der Waals surface area contributed by atoms with Gasteiger partial charge in [-0.1, -0.05) is 30.3 Å². The number of aromatic nitrogens is 3. The van der Waals surface area contributed by atoms with Gasteiger partial charge in [-0.3, -0.25) is 4.79 Å². The lowest BCUT2D eigenvalue weighted by atomic mass is 10.1. The molecule has 0 saturated carbocycles. The van der Waals surface area contributed by atoms with Crippen molar-refractivity contribution in [1.29, 1.82) is 0 Å². The second kappa shape index (κ2) is 7.36. The third-order valence-corrected chi connectivity index (χ3v) is 4.97. The number of nitrogens with zero attached hydrogens (tertiary/aromatic N) is 3. The summed E-state index contributed by atoms with van der Waals surface area (Å²) < 4.78 is 13.2.